The third kappa shape index (κ3) is 2.28. The summed E-state index contributed by atoms with van der Waals surface area (Å²) in [5, 5.41) is 8.93. The van der Waals surface area contributed by atoms with Gasteiger partial charge in [-0.3, -0.25) is 9.36 Å². The van der Waals surface area contributed by atoms with Crippen LogP contribution >= 0.6 is 0 Å². The first kappa shape index (κ1) is 16.0. The Balaban J connectivity index is 1.69. The maximum Gasteiger partial charge on any atom is 0.284 e. The van der Waals surface area contributed by atoms with E-state index >= 15 is 0 Å². The second-order valence-electron chi connectivity index (χ2n) is 7.05. The Morgan fingerprint density at radius 1 is 1.19 bits per heavy atom. The molecule has 0 aromatic carbocycles. The Hall–Kier alpha value is -3.21. The number of nitriles is 1. The molecule has 2 aliphatic carbocycles. The van der Waals surface area contributed by atoms with Crippen LogP contribution in [0.1, 0.15) is 30.3 Å². The van der Waals surface area contributed by atoms with Gasteiger partial charge in [-0.25, -0.2) is 23.7 Å². The summed E-state index contributed by atoms with van der Waals surface area (Å²) in [7, 11) is 0. The van der Waals surface area contributed by atoms with Crippen LogP contribution < -0.4 is 5.56 Å². The number of nitrogens with zero attached hydrogens (tertiary/aromatic N) is 5. The minimum atomic E-state index is -2.59. The van der Waals surface area contributed by atoms with Crippen LogP contribution in [0.4, 0.5) is 8.78 Å². The van der Waals surface area contributed by atoms with E-state index in [1.54, 1.807) is 18.2 Å². The number of rotatable bonds is 2. The molecule has 2 saturated carbocycles. The molecule has 2 fully saturated rings. The highest BCUT2D eigenvalue weighted by atomic mass is 19.3. The predicted octanol–water partition coefficient (Wildman–Crippen LogP) is 2.81. The van der Waals surface area contributed by atoms with E-state index in [1.807, 2.05) is 6.07 Å². The number of hydrogen-bond acceptors (Lipinski definition) is 5. The summed E-state index contributed by atoms with van der Waals surface area (Å²) >= 11 is 0. The normalized spacial score (nSPS) is 25.1. The van der Waals surface area contributed by atoms with E-state index in [0.717, 1.165) is 0 Å². The molecule has 6 nitrogen and oxygen atoms in total. The Kier molecular flexibility index (Phi) is 3.20. The molecule has 3 heterocycles. The summed E-state index contributed by atoms with van der Waals surface area (Å²) in [4.78, 5) is 25.8. The van der Waals surface area contributed by atoms with Crippen molar-refractivity contribution in [3.8, 4) is 11.8 Å². The summed E-state index contributed by atoms with van der Waals surface area (Å²) in [5.74, 6) is -3.62. The van der Waals surface area contributed by atoms with Crippen LogP contribution in [0.3, 0.4) is 0 Å². The van der Waals surface area contributed by atoms with Crippen molar-refractivity contribution in [3.63, 3.8) is 0 Å². The van der Waals surface area contributed by atoms with Gasteiger partial charge in [-0.1, -0.05) is 0 Å². The molecule has 8 heteroatoms. The number of alkyl halides is 2. The minimum absolute atomic E-state index is 0.207. The smallest absolute Gasteiger partial charge is 0.266 e. The van der Waals surface area contributed by atoms with E-state index in [0.29, 0.717) is 29.9 Å². The van der Waals surface area contributed by atoms with Gasteiger partial charge in [0.1, 0.15) is 17.6 Å². The minimum Gasteiger partial charge on any atom is -0.266 e. The highest BCUT2D eigenvalue weighted by molar-refractivity contribution is 5.73. The van der Waals surface area contributed by atoms with E-state index in [2.05, 4.69) is 15.0 Å². The molecule has 0 unspecified atom stereocenters. The van der Waals surface area contributed by atoms with Gasteiger partial charge in [-0.15, -0.1) is 0 Å². The van der Waals surface area contributed by atoms with Gasteiger partial charge < -0.3 is 0 Å². The molecule has 3 atom stereocenters. The summed E-state index contributed by atoms with van der Waals surface area (Å²) in [6.07, 6.45) is 3.54. The van der Waals surface area contributed by atoms with E-state index in [4.69, 9.17) is 5.26 Å². The highest BCUT2D eigenvalue weighted by Crippen LogP contribution is 2.67. The number of fused-ring (bicyclic) bond motifs is 2. The van der Waals surface area contributed by atoms with Gasteiger partial charge in [-0.05, 0) is 37.1 Å². The fourth-order valence-corrected chi connectivity index (χ4v) is 4.17. The SMILES string of the molecule is N#Cc1ccc(-n2c([C@H]3C[C@@H]4[C@H](C3)C4(F)F)nc3cccnc3c2=O)cn1. The average Bonchev–Trinajstić information content (AvgIpc) is 3.01. The van der Waals surface area contributed by atoms with Crippen molar-refractivity contribution in [1.29, 1.82) is 5.26 Å². The molecule has 2 aliphatic rings. The number of aromatic nitrogens is 4. The first-order valence-corrected chi connectivity index (χ1v) is 8.62. The first-order chi connectivity index (χ1) is 13.0. The van der Waals surface area contributed by atoms with Gasteiger partial charge in [0.15, 0.2) is 5.52 Å². The van der Waals surface area contributed by atoms with Gasteiger partial charge in [-0.2, -0.15) is 5.26 Å². The van der Waals surface area contributed by atoms with Gasteiger partial charge in [0.05, 0.1) is 17.4 Å². The van der Waals surface area contributed by atoms with E-state index in [9.17, 15) is 13.6 Å². The van der Waals surface area contributed by atoms with Crippen LogP contribution in [0.5, 0.6) is 0 Å². The van der Waals surface area contributed by atoms with Crippen LogP contribution in [0.2, 0.25) is 0 Å². The monoisotopic (exact) mass is 365 g/mol. The number of halogens is 2. The van der Waals surface area contributed by atoms with Crippen molar-refractivity contribution in [2.45, 2.75) is 24.7 Å². The molecule has 0 radical (unpaired) electrons. The van der Waals surface area contributed by atoms with Crippen LogP contribution in [0.15, 0.2) is 41.5 Å². The molecule has 0 N–H and O–H groups in total. The standard InChI is InChI=1S/C19H13F2N5O/c20-19(21)13-6-10(7-14(13)19)17-25-15-2-1-5-23-16(15)18(27)26(17)12-4-3-11(8-22)24-9-12/h1-5,9-10,13-14H,6-7H2/t10-,13+,14-. The largest absolute Gasteiger partial charge is 0.284 e. The zero-order valence-corrected chi connectivity index (χ0v) is 14.0. The van der Waals surface area contributed by atoms with Gasteiger partial charge in [0, 0.05) is 24.0 Å². The van der Waals surface area contributed by atoms with Gasteiger partial charge >= 0.3 is 0 Å². The fourth-order valence-electron chi connectivity index (χ4n) is 4.17. The Morgan fingerprint density at radius 2 is 1.96 bits per heavy atom. The third-order valence-electron chi connectivity index (χ3n) is 5.58. The number of pyridine rings is 2. The zero-order valence-electron chi connectivity index (χ0n) is 14.0. The Morgan fingerprint density at radius 3 is 2.63 bits per heavy atom. The van der Waals surface area contributed by atoms with Crippen molar-refractivity contribution in [2.75, 3.05) is 0 Å². The second-order valence-corrected chi connectivity index (χ2v) is 7.05. The molecule has 134 valence electrons. The quantitative estimate of drug-likeness (QED) is 0.697. The van der Waals surface area contributed by atoms with E-state index < -0.39 is 17.8 Å². The van der Waals surface area contributed by atoms with Crippen molar-refractivity contribution in [3.05, 3.63) is 58.5 Å². The first-order valence-electron chi connectivity index (χ1n) is 8.62. The molecular weight excluding hydrogens is 352 g/mol. The maximum absolute atomic E-state index is 13.6. The topological polar surface area (TPSA) is 84.5 Å². The molecule has 27 heavy (non-hydrogen) atoms. The van der Waals surface area contributed by atoms with Crippen molar-refractivity contribution in [2.24, 2.45) is 11.8 Å². The van der Waals surface area contributed by atoms with Crippen molar-refractivity contribution < 1.29 is 8.78 Å². The molecule has 0 saturated heterocycles. The lowest BCUT2D eigenvalue weighted by molar-refractivity contribution is 0.0689. The summed E-state index contributed by atoms with van der Waals surface area (Å²) < 4.78 is 28.7. The van der Waals surface area contributed by atoms with E-state index in [1.165, 1.54) is 23.0 Å². The molecule has 0 aliphatic heterocycles. The molecule has 0 spiro atoms. The summed E-state index contributed by atoms with van der Waals surface area (Å²) in [6, 6.07) is 8.43. The molecule has 3 aromatic rings. The van der Waals surface area contributed by atoms with Gasteiger partial charge in [0.25, 0.3) is 11.5 Å². The van der Waals surface area contributed by atoms with Crippen LogP contribution in [0, 0.1) is 23.2 Å². The molecule has 3 aromatic heterocycles. The van der Waals surface area contributed by atoms with Crippen molar-refractivity contribution in [1.82, 2.24) is 19.5 Å². The predicted molar refractivity (Wildman–Crippen MR) is 91.5 cm³/mol. The third-order valence-corrected chi connectivity index (χ3v) is 5.58. The summed E-state index contributed by atoms with van der Waals surface area (Å²) in [5.41, 5.74) is 0.958. The average molecular weight is 365 g/mol. The Labute approximate surface area is 152 Å². The summed E-state index contributed by atoms with van der Waals surface area (Å²) in [6.45, 7) is 0. The maximum atomic E-state index is 13.6. The number of hydrogen-bond donors (Lipinski definition) is 0. The zero-order chi connectivity index (χ0) is 18.8. The lowest BCUT2D eigenvalue weighted by atomic mass is 10.0. The molecule has 0 bridgehead atoms. The molecular formula is C19H13F2N5O. The van der Waals surface area contributed by atoms with Crippen LogP contribution in [-0.4, -0.2) is 25.4 Å². The second kappa shape index (κ2) is 5.39. The van der Waals surface area contributed by atoms with Crippen LogP contribution in [-0.2, 0) is 0 Å². The highest BCUT2D eigenvalue weighted by Gasteiger charge is 2.71. The Bertz CT molecular complexity index is 1150. The van der Waals surface area contributed by atoms with Crippen LogP contribution in [0.25, 0.3) is 16.7 Å². The lowest BCUT2D eigenvalue weighted by Gasteiger charge is -2.19. The molecule has 5 rings (SSSR count). The van der Waals surface area contributed by atoms with Gasteiger partial charge in [0.2, 0.25) is 0 Å². The fraction of sp³-hybridized carbons (Fsp3) is 0.316. The van der Waals surface area contributed by atoms with Crippen molar-refractivity contribution >= 4 is 11.0 Å². The van der Waals surface area contributed by atoms with E-state index in [-0.39, 0.29) is 22.7 Å². The molecule has 0 amide bonds. The lowest BCUT2D eigenvalue weighted by Crippen LogP contribution is -2.27.